The van der Waals surface area contributed by atoms with Gasteiger partial charge in [-0.05, 0) is 38.8 Å². The van der Waals surface area contributed by atoms with E-state index in [1.54, 1.807) is 0 Å². The van der Waals surface area contributed by atoms with Crippen LogP contribution >= 0.6 is 0 Å². The van der Waals surface area contributed by atoms with Crippen molar-refractivity contribution in [2.24, 2.45) is 5.41 Å². The van der Waals surface area contributed by atoms with Crippen LogP contribution in [0.15, 0.2) is 24.4 Å². The Hall–Kier alpha value is -1.62. The fourth-order valence-corrected chi connectivity index (χ4v) is 2.60. The molecule has 0 bridgehead atoms. The molecule has 1 N–H and O–H groups in total. The Bertz CT molecular complexity index is 454. The molecule has 1 fully saturated rings. The summed E-state index contributed by atoms with van der Waals surface area (Å²) in [5.41, 5.74) is -0.479. The second kappa shape index (κ2) is 6.89. The second-order valence-corrected chi connectivity index (χ2v) is 6.21. The molecule has 0 saturated carbocycles. The average Bonchev–Trinajstić information content (AvgIpc) is 2.53. The normalized spacial score (nSPS) is 16.8. The van der Waals surface area contributed by atoms with Crippen molar-refractivity contribution in [1.29, 1.82) is 0 Å². The van der Waals surface area contributed by atoms with Crippen molar-refractivity contribution in [2.75, 3.05) is 31.6 Å². The zero-order chi connectivity index (χ0) is 15.3. The zero-order valence-electron chi connectivity index (χ0n) is 13.1. The van der Waals surface area contributed by atoms with E-state index < -0.39 is 5.41 Å². The second-order valence-electron chi connectivity index (χ2n) is 6.21. The minimum atomic E-state index is -0.479. The Labute approximate surface area is 126 Å². The lowest BCUT2D eigenvalue weighted by atomic mass is 9.92. The van der Waals surface area contributed by atoms with Crippen LogP contribution in [0.25, 0.3) is 0 Å². The number of hydrogen-bond acceptors (Lipinski definition) is 5. The van der Waals surface area contributed by atoms with Crippen LogP contribution in [0.5, 0.6) is 0 Å². The first-order chi connectivity index (χ1) is 10.0. The van der Waals surface area contributed by atoms with E-state index in [-0.39, 0.29) is 5.97 Å². The first-order valence-electron chi connectivity index (χ1n) is 7.51. The Kier molecular flexibility index (Phi) is 5.17. The Balaban J connectivity index is 1.78. The van der Waals surface area contributed by atoms with Gasteiger partial charge in [0.05, 0.1) is 12.5 Å². The topological polar surface area (TPSA) is 54.5 Å². The highest BCUT2D eigenvalue weighted by molar-refractivity contribution is 5.76. The predicted molar refractivity (Wildman–Crippen MR) is 83.3 cm³/mol. The summed E-state index contributed by atoms with van der Waals surface area (Å²) in [5.74, 6) is 0.881. The number of carbonyl (C=O) groups is 1. The lowest BCUT2D eigenvalue weighted by molar-refractivity contribution is -0.150. The van der Waals surface area contributed by atoms with E-state index in [1.165, 1.54) is 7.11 Å². The summed E-state index contributed by atoms with van der Waals surface area (Å²) in [4.78, 5) is 18.4. The highest BCUT2D eigenvalue weighted by Gasteiger charge is 2.30. The van der Waals surface area contributed by atoms with E-state index in [2.05, 4.69) is 15.2 Å². The molecule has 2 rings (SSSR count). The van der Waals surface area contributed by atoms with Gasteiger partial charge in [-0.1, -0.05) is 6.07 Å². The minimum Gasteiger partial charge on any atom is -0.469 e. The number of anilines is 1. The summed E-state index contributed by atoms with van der Waals surface area (Å²) >= 11 is 0. The van der Waals surface area contributed by atoms with Crippen LogP contribution in [0.3, 0.4) is 0 Å². The molecule has 5 nitrogen and oxygen atoms in total. The van der Waals surface area contributed by atoms with E-state index in [0.717, 1.165) is 31.7 Å². The molecule has 0 radical (unpaired) electrons. The van der Waals surface area contributed by atoms with Crippen LogP contribution in [0.2, 0.25) is 0 Å². The maximum Gasteiger partial charge on any atom is 0.312 e. The molecule has 0 amide bonds. The van der Waals surface area contributed by atoms with Gasteiger partial charge in [-0.25, -0.2) is 4.98 Å². The molecule has 0 unspecified atom stereocenters. The molecule has 0 spiro atoms. The van der Waals surface area contributed by atoms with E-state index in [0.29, 0.717) is 12.6 Å². The number of ether oxygens (including phenoxy) is 1. The van der Waals surface area contributed by atoms with E-state index in [1.807, 2.05) is 38.2 Å². The van der Waals surface area contributed by atoms with Crippen molar-refractivity contribution >= 4 is 11.8 Å². The fraction of sp³-hybridized carbons (Fsp3) is 0.625. The lowest BCUT2D eigenvalue weighted by Gasteiger charge is -2.34. The number of esters is 1. The lowest BCUT2D eigenvalue weighted by Crippen LogP contribution is -2.47. The van der Waals surface area contributed by atoms with Gasteiger partial charge in [0.1, 0.15) is 5.82 Å². The van der Waals surface area contributed by atoms with Crippen LogP contribution < -0.4 is 10.2 Å². The number of nitrogens with zero attached hydrogens (tertiary/aromatic N) is 2. The molecule has 2 heterocycles. The van der Waals surface area contributed by atoms with Gasteiger partial charge < -0.3 is 15.0 Å². The summed E-state index contributed by atoms with van der Waals surface area (Å²) in [6.45, 7) is 6.46. The third kappa shape index (κ3) is 4.17. The molecule has 1 aromatic rings. The molecule has 0 aliphatic carbocycles. The average molecular weight is 291 g/mol. The van der Waals surface area contributed by atoms with Gasteiger partial charge in [0.15, 0.2) is 0 Å². The molecule has 116 valence electrons. The van der Waals surface area contributed by atoms with Crippen LogP contribution in [-0.2, 0) is 9.53 Å². The predicted octanol–water partition coefficient (Wildman–Crippen LogP) is 1.84. The van der Waals surface area contributed by atoms with Crippen LogP contribution in [0.4, 0.5) is 5.82 Å². The van der Waals surface area contributed by atoms with Gasteiger partial charge in [-0.2, -0.15) is 0 Å². The van der Waals surface area contributed by atoms with E-state index in [4.69, 9.17) is 4.74 Å². The van der Waals surface area contributed by atoms with Crippen LogP contribution in [0.1, 0.15) is 26.7 Å². The molecule has 21 heavy (non-hydrogen) atoms. The molecular weight excluding hydrogens is 266 g/mol. The van der Waals surface area contributed by atoms with Gasteiger partial charge >= 0.3 is 5.97 Å². The smallest absolute Gasteiger partial charge is 0.312 e. The number of piperidine rings is 1. The number of nitrogens with one attached hydrogen (secondary N) is 1. The summed E-state index contributed by atoms with van der Waals surface area (Å²) in [6.07, 6.45) is 3.96. The van der Waals surface area contributed by atoms with Gasteiger partial charge in [-0.15, -0.1) is 0 Å². The largest absolute Gasteiger partial charge is 0.469 e. The summed E-state index contributed by atoms with van der Waals surface area (Å²) in [7, 11) is 1.44. The molecule has 0 atom stereocenters. The Morgan fingerprint density at radius 3 is 2.71 bits per heavy atom. The number of carbonyl (C=O) groups excluding carboxylic acids is 1. The highest BCUT2D eigenvalue weighted by atomic mass is 16.5. The Morgan fingerprint density at radius 1 is 1.43 bits per heavy atom. The SMILES string of the molecule is COC(=O)C(C)(C)CNC1CCN(c2ccccn2)CC1. The van der Waals surface area contributed by atoms with Crippen molar-refractivity contribution < 1.29 is 9.53 Å². The first kappa shape index (κ1) is 15.8. The number of pyridine rings is 1. The summed E-state index contributed by atoms with van der Waals surface area (Å²) < 4.78 is 4.83. The fourth-order valence-electron chi connectivity index (χ4n) is 2.60. The number of aromatic nitrogens is 1. The standard InChI is InChI=1S/C16H25N3O2/c1-16(2,15(20)21-3)12-18-13-7-10-19(11-8-13)14-6-4-5-9-17-14/h4-6,9,13,18H,7-8,10-12H2,1-3H3. The van der Waals surface area contributed by atoms with Crippen molar-refractivity contribution in [3.63, 3.8) is 0 Å². The quantitative estimate of drug-likeness (QED) is 0.839. The van der Waals surface area contributed by atoms with Crippen molar-refractivity contribution in [2.45, 2.75) is 32.7 Å². The molecule has 1 saturated heterocycles. The van der Waals surface area contributed by atoms with Gasteiger partial charge in [0, 0.05) is 31.9 Å². The molecular formula is C16H25N3O2. The van der Waals surface area contributed by atoms with Crippen molar-refractivity contribution in [3.05, 3.63) is 24.4 Å². The molecule has 0 aromatic carbocycles. The summed E-state index contributed by atoms with van der Waals surface area (Å²) in [6, 6.07) is 6.46. The number of rotatable bonds is 5. The maximum atomic E-state index is 11.7. The molecule has 1 aliphatic rings. The highest BCUT2D eigenvalue weighted by Crippen LogP contribution is 2.20. The van der Waals surface area contributed by atoms with Gasteiger partial charge in [0.2, 0.25) is 0 Å². The van der Waals surface area contributed by atoms with Crippen molar-refractivity contribution in [1.82, 2.24) is 10.3 Å². The molecule has 5 heteroatoms. The van der Waals surface area contributed by atoms with E-state index in [9.17, 15) is 4.79 Å². The van der Waals surface area contributed by atoms with Crippen LogP contribution in [-0.4, -0.2) is 43.7 Å². The third-order valence-corrected chi connectivity index (χ3v) is 4.04. The summed E-state index contributed by atoms with van der Waals surface area (Å²) in [5, 5.41) is 3.50. The molecule has 1 aliphatic heterocycles. The first-order valence-corrected chi connectivity index (χ1v) is 7.51. The van der Waals surface area contributed by atoms with Gasteiger partial charge in [0.25, 0.3) is 0 Å². The monoisotopic (exact) mass is 291 g/mol. The minimum absolute atomic E-state index is 0.166. The third-order valence-electron chi connectivity index (χ3n) is 4.04. The number of methoxy groups -OCH3 is 1. The number of hydrogen-bond donors (Lipinski definition) is 1. The van der Waals surface area contributed by atoms with Crippen LogP contribution in [0, 0.1) is 5.41 Å². The van der Waals surface area contributed by atoms with Crippen molar-refractivity contribution in [3.8, 4) is 0 Å². The maximum absolute atomic E-state index is 11.7. The Morgan fingerprint density at radius 2 is 2.14 bits per heavy atom. The van der Waals surface area contributed by atoms with E-state index >= 15 is 0 Å². The zero-order valence-corrected chi connectivity index (χ0v) is 13.1. The van der Waals surface area contributed by atoms with Gasteiger partial charge in [-0.3, -0.25) is 4.79 Å². The molecule has 1 aromatic heterocycles.